The van der Waals surface area contributed by atoms with E-state index in [1.165, 1.54) is 0 Å². The van der Waals surface area contributed by atoms with Crippen molar-refractivity contribution in [1.82, 2.24) is 15.1 Å². The number of amides is 1. The Balaban J connectivity index is 1.27. The minimum Gasteiger partial charge on any atom is -0.455 e. The number of hydrogen-bond acceptors (Lipinski definition) is 6. The molecule has 0 spiro atoms. The first kappa shape index (κ1) is 23.2. The Kier molecular flexibility index (Phi) is 6.66. The third kappa shape index (κ3) is 5.22. The minimum absolute atomic E-state index is 0.122. The molecule has 182 valence electrons. The Morgan fingerprint density at radius 3 is 2.31 bits per heavy atom. The lowest BCUT2D eigenvalue weighted by molar-refractivity contribution is 0.0438. The molecule has 5 aromatic rings. The van der Waals surface area contributed by atoms with Crippen molar-refractivity contribution in [2.75, 3.05) is 0 Å². The molecule has 8 heteroatoms. The molecule has 0 unspecified atom stereocenters. The molecule has 8 nitrogen and oxygen atoms in total. The van der Waals surface area contributed by atoms with Crippen molar-refractivity contribution in [3.63, 3.8) is 0 Å². The molecule has 1 amide bonds. The van der Waals surface area contributed by atoms with Crippen LogP contribution in [0.25, 0.3) is 21.9 Å². The lowest BCUT2D eigenvalue weighted by Crippen LogP contribution is -2.36. The number of esters is 1. The van der Waals surface area contributed by atoms with E-state index in [1.54, 1.807) is 23.0 Å². The summed E-state index contributed by atoms with van der Waals surface area (Å²) < 4.78 is 18.3. The number of alkyl carbamates (subject to hydrolysis) is 1. The van der Waals surface area contributed by atoms with Crippen LogP contribution < -0.4 is 5.32 Å². The Morgan fingerprint density at radius 2 is 1.61 bits per heavy atom. The number of benzene rings is 3. The summed E-state index contributed by atoms with van der Waals surface area (Å²) in [6, 6.07) is 24.1. The molecule has 0 bridgehead atoms. The van der Waals surface area contributed by atoms with Crippen LogP contribution >= 0.6 is 0 Å². The third-order valence-corrected chi connectivity index (χ3v) is 5.74. The van der Waals surface area contributed by atoms with Crippen LogP contribution in [0.5, 0.6) is 0 Å². The van der Waals surface area contributed by atoms with Gasteiger partial charge in [-0.1, -0.05) is 60.7 Å². The van der Waals surface area contributed by atoms with Gasteiger partial charge in [-0.05, 0) is 30.2 Å². The van der Waals surface area contributed by atoms with Crippen molar-refractivity contribution in [3.8, 4) is 0 Å². The van der Waals surface area contributed by atoms with Crippen LogP contribution in [0.3, 0.4) is 0 Å². The smallest absolute Gasteiger partial charge is 0.407 e. The van der Waals surface area contributed by atoms with E-state index < -0.39 is 12.1 Å². The van der Waals surface area contributed by atoms with Gasteiger partial charge >= 0.3 is 12.1 Å². The van der Waals surface area contributed by atoms with Crippen LogP contribution in [-0.2, 0) is 29.2 Å². The number of nitrogens with one attached hydrogen (secondary N) is 1. The largest absolute Gasteiger partial charge is 0.455 e. The summed E-state index contributed by atoms with van der Waals surface area (Å²) in [4.78, 5) is 24.9. The van der Waals surface area contributed by atoms with Gasteiger partial charge in [-0.25, -0.2) is 9.59 Å². The maximum atomic E-state index is 12.6. The summed E-state index contributed by atoms with van der Waals surface area (Å²) in [7, 11) is 0. The summed E-state index contributed by atoms with van der Waals surface area (Å²) in [6.07, 6.45) is 1.25. The predicted octanol–water partition coefficient (Wildman–Crippen LogP) is 5.45. The molecule has 3 aromatic carbocycles. The zero-order valence-corrected chi connectivity index (χ0v) is 19.7. The highest BCUT2D eigenvalue weighted by Gasteiger charge is 2.19. The Labute approximate surface area is 207 Å². The van der Waals surface area contributed by atoms with Crippen molar-refractivity contribution < 1.29 is 23.5 Å². The van der Waals surface area contributed by atoms with Gasteiger partial charge in [0.05, 0.1) is 18.3 Å². The van der Waals surface area contributed by atoms with Crippen LogP contribution in [0.2, 0.25) is 0 Å². The lowest BCUT2D eigenvalue weighted by atomic mass is 10.2. The van der Waals surface area contributed by atoms with Crippen molar-refractivity contribution in [3.05, 3.63) is 102 Å². The van der Waals surface area contributed by atoms with Crippen LogP contribution in [0.4, 0.5) is 4.79 Å². The molecule has 2 heterocycles. The number of furan rings is 1. The number of carbonyl (C=O) groups excluding carboxylic acids is 2. The maximum absolute atomic E-state index is 12.6. The van der Waals surface area contributed by atoms with Gasteiger partial charge in [0.25, 0.3) is 0 Å². The Hall–Kier alpha value is -4.59. The third-order valence-electron chi connectivity index (χ3n) is 5.74. The Morgan fingerprint density at radius 1 is 0.944 bits per heavy atom. The molecule has 0 saturated carbocycles. The number of nitrogens with zero attached hydrogens (tertiary/aromatic N) is 2. The highest BCUT2D eigenvalue weighted by Crippen LogP contribution is 2.29. The molecular formula is C28H25N3O5. The fourth-order valence-electron chi connectivity index (χ4n) is 4.00. The minimum atomic E-state index is -0.537. The van der Waals surface area contributed by atoms with Crippen molar-refractivity contribution in [1.29, 1.82) is 0 Å². The second kappa shape index (κ2) is 10.4. The van der Waals surface area contributed by atoms with Crippen LogP contribution in [0.15, 0.2) is 89.5 Å². The second-order valence-electron chi connectivity index (χ2n) is 8.52. The van der Waals surface area contributed by atoms with Gasteiger partial charge in [0.2, 0.25) is 5.76 Å². The van der Waals surface area contributed by atoms with Gasteiger partial charge in [-0.2, -0.15) is 5.10 Å². The SMILES string of the molecule is C[C@@H](Cn1ncc2ccc3oc(C(=O)OCc4ccccc4)cc3c21)NC(=O)OCc1ccccc1. The van der Waals surface area contributed by atoms with Gasteiger partial charge < -0.3 is 19.2 Å². The normalized spacial score (nSPS) is 11.9. The summed E-state index contributed by atoms with van der Waals surface area (Å²) in [5, 5.41) is 8.96. The summed E-state index contributed by atoms with van der Waals surface area (Å²) in [5.41, 5.74) is 3.17. The molecule has 0 fully saturated rings. The number of aromatic nitrogens is 2. The molecule has 0 radical (unpaired) electrons. The molecular weight excluding hydrogens is 458 g/mol. The van der Waals surface area contributed by atoms with Gasteiger partial charge in [-0.15, -0.1) is 0 Å². The summed E-state index contributed by atoms with van der Waals surface area (Å²) in [5.74, 6) is -0.415. The van der Waals surface area contributed by atoms with E-state index in [-0.39, 0.29) is 25.0 Å². The number of fused-ring (bicyclic) bond motifs is 3. The zero-order valence-electron chi connectivity index (χ0n) is 19.7. The quantitative estimate of drug-likeness (QED) is 0.295. The molecule has 0 aliphatic heterocycles. The second-order valence-corrected chi connectivity index (χ2v) is 8.52. The van der Waals surface area contributed by atoms with E-state index in [0.29, 0.717) is 12.1 Å². The van der Waals surface area contributed by atoms with E-state index in [1.807, 2.05) is 73.7 Å². The summed E-state index contributed by atoms with van der Waals surface area (Å²) >= 11 is 0. The van der Waals surface area contributed by atoms with E-state index in [9.17, 15) is 9.59 Å². The fourth-order valence-corrected chi connectivity index (χ4v) is 4.00. The highest BCUT2D eigenvalue weighted by atomic mass is 16.6. The van der Waals surface area contributed by atoms with E-state index in [0.717, 1.165) is 27.4 Å². The predicted molar refractivity (Wildman–Crippen MR) is 134 cm³/mol. The zero-order chi connectivity index (χ0) is 24.9. The first-order chi connectivity index (χ1) is 17.6. The molecule has 1 atom stereocenters. The number of rotatable bonds is 8. The molecule has 2 aromatic heterocycles. The van der Waals surface area contributed by atoms with E-state index >= 15 is 0 Å². The average Bonchev–Trinajstić information content (AvgIpc) is 3.51. The van der Waals surface area contributed by atoms with Crippen molar-refractivity contribution in [2.45, 2.75) is 32.7 Å². The number of ether oxygens (including phenoxy) is 2. The topological polar surface area (TPSA) is 95.6 Å². The van der Waals surface area contributed by atoms with Gasteiger partial charge in [0.1, 0.15) is 18.8 Å². The number of hydrogen-bond donors (Lipinski definition) is 1. The van der Waals surface area contributed by atoms with Crippen LogP contribution in [-0.4, -0.2) is 27.9 Å². The van der Waals surface area contributed by atoms with E-state index in [2.05, 4.69) is 10.4 Å². The molecule has 0 aliphatic rings. The van der Waals surface area contributed by atoms with Crippen LogP contribution in [0.1, 0.15) is 28.6 Å². The molecule has 5 rings (SSSR count). The highest BCUT2D eigenvalue weighted by molar-refractivity contribution is 6.06. The molecule has 36 heavy (non-hydrogen) atoms. The first-order valence-electron chi connectivity index (χ1n) is 11.6. The van der Waals surface area contributed by atoms with Gasteiger partial charge in [0.15, 0.2) is 0 Å². The average molecular weight is 484 g/mol. The van der Waals surface area contributed by atoms with Crippen LogP contribution in [0, 0.1) is 0 Å². The number of carbonyl (C=O) groups is 2. The standard InChI is InChI=1S/C28H25N3O5/c1-19(30-28(33)35-18-21-10-6-3-7-11-21)16-31-26-22(15-29-31)12-13-24-23(26)14-25(36-24)27(32)34-17-20-8-4-2-5-9-20/h2-15,19H,16-18H2,1H3,(H,30,33)/t19-/m0/s1. The first-order valence-corrected chi connectivity index (χ1v) is 11.6. The lowest BCUT2D eigenvalue weighted by Gasteiger charge is -2.15. The Bertz CT molecular complexity index is 1490. The monoisotopic (exact) mass is 483 g/mol. The molecule has 1 N–H and O–H groups in total. The fraction of sp³-hybridized carbons (Fsp3) is 0.179. The maximum Gasteiger partial charge on any atom is 0.407 e. The van der Waals surface area contributed by atoms with Gasteiger partial charge in [-0.3, -0.25) is 4.68 Å². The van der Waals surface area contributed by atoms with Crippen molar-refractivity contribution >= 4 is 33.9 Å². The molecule has 0 aliphatic carbocycles. The van der Waals surface area contributed by atoms with Crippen molar-refractivity contribution in [2.24, 2.45) is 0 Å². The van der Waals surface area contributed by atoms with Gasteiger partial charge in [0, 0.05) is 22.9 Å². The molecule has 0 saturated heterocycles. The summed E-state index contributed by atoms with van der Waals surface area (Å²) in [6.45, 7) is 2.64. The van der Waals surface area contributed by atoms with E-state index in [4.69, 9.17) is 13.9 Å².